The fourth-order valence-electron chi connectivity index (χ4n) is 2.58. The van der Waals surface area contributed by atoms with E-state index in [1.54, 1.807) is 12.2 Å². The van der Waals surface area contributed by atoms with Gasteiger partial charge < -0.3 is 5.32 Å². The molecule has 1 heteroatoms. The molecule has 0 radical (unpaired) electrons. The second-order valence-corrected chi connectivity index (χ2v) is 6.55. The van der Waals surface area contributed by atoms with E-state index in [2.05, 4.69) is 81.7 Å². The van der Waals surface area contributed by atoms with Gasteiger partial charge in [-0.25, -0.2) is 0 Å². The van der Waals surface area contributed by atoms with Crippen LogP contribution in [0.4, 0.5) is 0 Å². The lowest BCUT2D eigenvalue weighted by atomic mass is 10.0. The van der Waals surface area contributed by atoms with E-state index in [9.17, 15) is 0 Å². The van der Waals surface area contributed by atoms with Crippen molar-refractivity contribution >= 4 is 0 Å². The van der Waals surface area contributed by atoms with Gasteiger partial charge in [-0.1, -0.05) is 106 Å². The van der Waals surface area contributed by atoms with E-state index < -0.39 is 0 Å². The standard InChI is InChI=1S/C18H23N.C7H10.C2H6/c1-4-18-10-9-17(11-15(18)3)13-19-12-16-7-5-14(2)6-8-16;1-4-6-7(3)5-2;1-2/h5-11,19H,4,12-13H2,1-3H3;4-6H,1-2H2,3H3;1-2H3/b;7-6-;. The van der Waals surface area contributed by atoms with Crippen molar-refractivity contribution in [2.24, 2.45) is 0 Å². The molecule has 0 heterocycles. The highest BCUT2D eigenvalue weighted by Gasteiger charge is 1.99. The van der Waals surface area contributed by atoms with Crippen molar-refractivity contribution in [3.05, 3.63) is 107 Å². The third kappa shape index (κ3) is 10.7. The molecule has 0 aliphatic heterocycles. The summed E-state index contributed by atoms with van der Waals surface area (Å²) in [5.74, 6) is 0. The zero-order valence-corrected chi connectivity index (χ0v) is 18.8. The first-order valence-electron chi connectivity index (χ1n) is 10.3. The van der Waals surface area contributed by atoms with Gasteiger partial charge in [0.1, 0.15) is 0 Å². The Hall–Kier alpha value is -2.38. The highest BCUT2D eigenvalue weighted by atomic mass is 14.8. The first kappa shape index (κ1) is 25.6. The molecule has 2 rings (SSSR count). The van der Waals surface area contributed by atoms with Crippen molar-refractivity contribution in [2.75, 3.05) is 0 Å². The van der Waals surface area contributed by atoms with Crippen molar-refractivity contribution in [3.8, 4) is 0 Å². The second-order valence-electron chi connectivity index (χ2n) is 6.55. The van der Waals surface area contributed by atoms with Gasteiger partial charge in [-0.15, -0.1) is 0 Å². The molecule has 0 unspecified atom stereocenters. The number of benzene rings is 2. The molecule has 152 valence electrons. The van der Waals surface area contributed by atoms with Crippen LogP contribution in [0.5, 0.6) is 0 Å². The number of allylic oxidation sites excluding steroid dienone is 4. The minimum Gasteiger partial charge on any atom is -0.309 e. The van der Waals surface area contributed by atoms with Gasteiger partial charge in [0.25, 0.3) is 0 Å². The van der Waals surface area contributed by atoms with E-state index in [1.807, 2.05) is 26.8 Å². The number of hydrogen-bond acceptors (Lipinski definition) is 1. The second kappa shape index (κ2) is 15.7. The summed E-state index contributed by atoms with van der Waals surface area (Å²) in [6.07, 6.45) is 6.56. The van der Waals surface area contributed by atoms with Crippen LogP contribution < -0.4 is 5.32 Å². The molecule has 0 amide bonds. The molecule has 1 nitrogen and oxygen atoms in total. The maximum atomic E-state index is 3.56. The van der Waals surface area contributed by atoms with E-state index in [-0.39, 0.29) is 0 Å². The first-order valence-corrected chi connectivity index (χ1v) is 10.3. The molecule has 0 bridgehead atoms. The summed E-state index contributed by atoms with van der Waals surface area (Å²) < 4.78 is 0. The summed E-state index contributed by atoms with van der Waals surface area (Å²) in [6, 6.07) is 15.5. The zero-order chi connectivity index (χ0) is 21.4. The zero-order valence-electron chi connectivity index (χ0n) is 18.8. The Morgan fingerprint density at radius 2 is 1.50 bits per heavy atom. The van der Waals surface area contributed by atoms with Gasteiger partial charge in [0.15, 0.2) is 0 Å². The fourth-order valence-corrected chi connectivity index (χ4v) is 2.58. The van der Waals surface area contributed by atoms with Crippen LogP contribution in [0.3, 0.4) is 0 Å². The smallest absolute Gasteiger partial charge is 0.0208 e. The van der Waals surface area contributed by atoms with Gasteiger partial charge in [-0.3, -0.25) is 0 Å². The van der Waals surface area contributed by atoms with Crippen LogP contribution in [0.1, 0.15) is 55.5 Å². The predicted octanol–water partition coefficient (Wildman–Crippen LogP) is 7.49. The molecular formula is C27H39N. The summed E-state index contributed by atoms with van der Waals surface area (Å²) in [5, 5.41) is 3.50. The molecule has 2 aromatic carbocycles. The lowest BCUT2D eigenvalue weighted by Gasteiger charge is -2.08. The van der Waals surface area contributed by atoms with Gasteiger partial charge in [-0.2, -0.15) is 0 Å². The first-order chi connectivity index (χ1) is 13.5. The third-order valence-corrected chi connectivity index (χ3v) is 4.27. The van der Waals surface area contributed by atoms with Crippen molar-refractivity contribution in [3.63, 3.8) is 0 Å². The minimum absolute atomic E-state index is 0.925. The molecule has 2 aromatic rings. The van der Waals surface area contributed by atoms with E-state index >= 15 is 0 Å². The van der Waals surface area contributed by atoms with Crippen LogP contribution in [0.2, 0.25) is 0 Å². The van der Waals surface area contributed by atoms with E-state index in [1.165, 1.54) is 27.8 Å². The normalized spacial score (nSPS) is 10.1. The SMILES string of the molecule is C=C/C=C(/C)C=C.CC.CCc1ccc(CNCc2ccc(C)cc2)cc1C. The highest BCUT2D eigenvalue weighted by Crippen LogP contribution is 2.12. The summed E-state index contributed by atoms with van der Waals surface area (Å²) in [6.45, 7) is 21.4. The van der Waals surface area contributed by atoms with Crippen molar-refractivity contribution in [1.82, 2.24) is 5.32 Å². The largest absolute Gasteiger partial charge is 0.309 e. The Morgan fingerprint density at radius 1 is 0.929 bits per heavy atom. The highest BCUT2D eigenvalue weighted by molar-refractivity contribution is 5.31. The Bertz CT molecular complexity index is 720. The molecule has 0 aliphatic carbocycles. The Balaban J connectivity index is 0.000000688. The maximum absolute atomic E-state index is 3.56. The topological polar surface area (TPSA) is 12.0 Å². The number of rotatable bonds is 7. The van der Waals surface area contributed by atoms with Crippen molar-refractivity contribution < 1.29 is 0 Å². The number of hydrogen-bond donors (Lipinski definition) is 1. The van der Waals surface area contributed by atoms with E-state index in [0.29, 0.717) is 0 Å². The van der Waals surface area contributed by atoms with Gasteiger partial charge in [0, 0.05) is 13.1 Å². The minimum atomic E-state index is 0.925. The van der Waals surface area contributed by atoms with E-state index in [0.717, 1.165) is 25.1 Å². The summed E-state index contributed by atoms with van der Waals surface area (Å²) in [5.41, 5.74) is 8.01. The Labute approximate surface area is 173 Å². The number of aryl methyl sites for hydroxylation is 3. The van der Waals surface area contributed by atoms with Crippen LogP contribution in [-0.4, -0.2) is 0 Å². The molecule has 1 N–H and O–H groups in total. The van der Waals surface area contributed by atoms with Crippen LogP contribution in [0.15, 0.2) is 79.4 Å². The lowest BCUT2D eigenvalue weighted by Crippen LogP contribution is -2.12. The quantitative estimate of drug-likeness (QED) is 0.493. The molecule has 0 fully saturated rings. The lowest BCUT2D eigenvalue weighted by molar-refractivity contribution is 0.692. The van der Waals surface area contributed by atoms with Gasteiger partial charge in [-0.05, 0) is 49.4 Å². The van der Waals surface area contributed by atoms with Crippen LogP contribution in [0.25, 0.3) is 0 Å². The fraction of sp³-hybridized carbons (Fsp3) is 0.333. The molecule has 28 heavy (non-hydrogen) atoms. The van der Waals surface area contributed by atoms with Gasteiger partial charge in [0.05, 0.1) is 0 Å². The average Bonchev–Trinajstić information content (AvgIpc) is 2.72. The van der Waals surface area contributed by atoms with Crippen LogP contribution >= 0.6 is 0 Å². The van der Waals surface area contributed by atoms with Gasteiger partial charge >= 0.3 is 0 Å². The van der Waals surface area contributed by atoms with Crippen molar-refractivity contribution in [1.29, 1.82) is 0 Å². The molecule has 0 aliphatic rings. The Kier molecular flexibility index (Phi) is 14.3. The monoisotopic (exact) mass is 377 g/mol. The summed E-state index contributed by atoms with van der Waals surface area (Å²) >= 11 is 0. The summed E-state index contributed by atoms with van der Waals surface area (Å²) in [4.78, 5) is 0. The molecule has 0 spiro atoms. The molecule has 0 saturated heterocycles. The van der Waals surface area contributed by atoms with Crippen LogP contribution in [0, 0.1) is 13.8 Å². The average molecular weight is 378 g/mol. The molecule has 0 saturated carbocycles. The molecular weight excluding hydrogens is 338 g/mol. The third-order valence-electron chi connectivity index (χ3n) is 4.27. The summed E-state index contributed by atoms with van der Waals surface area (Å²) in [7, 11) is 0. The molecule has 0 aromatic heterocycles. The van der Waals surface area contributed by atoms with E-state index in [4.69, 9.17) is 0 Å². The molecule has 0 atom stereocenters. The number of nitrogens with one attached hydrogen (secondary N) is 1. The Morgan fingerprint density at radius 3 is 1.96 bits per heavy atom. The van der Waals surface area contributed by atoms with Crippen molar-refractivity contribution in [2.45, 2.75) is 61.1 Å². The van der Waals surface area contributed by atoms with Crippen LogP contribution in [-0.2, 0) is 19.5 Å². The van der Waals surface area contributed by atoms with Gasteiger partial charge in [0.2, 0.25) is 0 Å². The predicted molar refractivity (Wildman–Crippen MR) is 128 cm³/mol. The maximum Gasteiger partial charge on any atom is 0.0208 e.